The molecule has 1 aliphatic rings. The Morgan fingerprint density at radius 2 is 1.89 bits per heavy atom. The van der Waals surface area contributed by atoms with Gasteiger partial charge in [-0.1, -0.05) is 0 Å². The molecule has 0 radical (unpaired) electrons. The van der Waals surface area contributed by atoms with E-state index in [9.17, 15) is 0 Å². The molecule has 106 valence electrons. The van der Waals surface area contributed by atoms with Crippen molar-refractivity contribution in [2.45, 2.75) is 20.0 Å². The molecule has 0 N–H and O–H groups in total. The second kappa shape index (κ2) is 7.36. The summed E-state index contributed by atoms with van der Waals surface area (Å²) >= 11 is 0. The van der Waals surface area contributed by atoms with Gasteiger partial charge in [0.1, 0.15) is 18.1 Å². The van der Waals surface area contributed by atoms with E-state index in [0.717, 1.165) is 37.7 Å². The van der Waals surface area contributed by atoms with Gasteiger partial charge in [0.15, 0.2) is 0 Å². The molecule has 4 nitrogen and oxygen atoms in total. The minimum atomic E-state index is 0.333. The summed E-state index contributed by atoms with van der Waals surface area (Å²) in [5.74, 6) is 1.78. The van der Waals surface area contributed by atoms with Crippen molar-refractivity contribution >= 4 is 0 Å². The minimum absolute atomic E-state index is 0.333. The summed E-state index contributed by atoms with van der Waals surface area (Å²) < 4.78 is 16.6. The van der Waals surface area contributed by atoms with Gasteiger partial charge in [0, 0.05) is 19.6 Å². The molecule has 0 amide bonds. The van der Waals surface area contributed by atoms with E-state index in [2.05, 4.69) is 11.8 Å². The maximum absolute atomic E-state index is 5.74. The first kappa shape index (κ1) is 14.2. The van der Waals surface area contributed by atoms with Gasteiger partial charge in [0.2, 0.25) is 0 Å². The molecule has 0 bridgehead atoms. The van der Waals surface area contributed by atoms with Gasteiger partial charge in [-0.05, 0) is 38.1 Å². The van der Waals surface area contributed by atoms with Gasteiger partial charge in [-0.25, -0.2) is 0 Å². The fourth-order valence-corrected chi connectivity index (χ4v) is 2.19. The predicted octanol–water partition coefficient (Wildman–Crippen LogP) is 2.18. The highest BCUT2D eigenvalue weighted by Crippen LogP contribution is 2.17. The standard InChI is InChI=1S/C15H23NO3/c1-3-17-14-4-6-15(7-5-14)19-11-9-16-8-10-18-13(2)12-16/h4-7,13H,3,8-12H2,1-2H3. The first-order valence-electron chi connectivity index (χ1n) is 6.97. The van der Waals surface area contributed by atoms with E-state index in [1.54, 1.807) is 0 Å². The second-order valence-electron chi connectivity index (χ2n) is 4.73. The molecule has 0 aromatic heterocycles. The van der Waals surface area contributed by atoms with E-state index in [0.29, 0.717) is 19.3 Å². The van der Waals surface area contributed by atoms with Crippen LogP contribution >= 0.6 is 0 Å². The van der Waals surface area contributed by atoms with Gasteiger partial charge >= 0.3 is 0 Å². The number of nitrogens with zero attached hydrogens (tertiary/aromatic N) is 1. The third-order valence-corrected chi connectivity index (χ3v) is 3.14. The zero-order chi connectivity index (χ0) is 13.5. The van der Waals surface area contributed by atoms with Gasteiger partial charge in [-0.3, -0.25) is 4.90 Å². The third kappa shape index (κ3) is 4.73. The fraction of sp³-hybridized carbons (Fsp3) is 0.600. The molecule has 1 aromatic carbocycles. The zero-order valence-electron chi connectivity index (χ0n) is 11.8. The topological polar surface area (TPSA) is 30.9 Å². The van der Waals surface area contributed by atoms with Crippen molar-refractivity contribution in [3.63, 3.8) is 0 Å². The SMILES string of the molecule is CCOc1ccc(OCCN2CCOC(C)C2)cc1. The number of benzene rings is 1. The molecule has 1 aromatic rings. The van der Waals surface area contributed by atoms with Gasteiger partial charge < -0.3 is 14.2 Å². The van der Waals surface area contributed by atoms with Crippen LogP contribution in [0.5, 0.6) is 11.5 Å². The summed E-state index contributed by atoms with van der Waals surface area (Å²) in [5.41, 5.74) is 0. The molecule has 19 heavy (non-hydrogen) atoms. The average Bonchev–Trinajstić information content (AvgIpc) is 2.41. The van der Waals surface area contributed by atoms with Crippen LogP contribution in [-0.4, -0.2) is 50.5 Å². The number of hydrogen-bond donors (Lipinski definition) is 0. The summed E-state index contributed by atoms with van der Waals surface area (Å²) in [5, 5.41) is 0. The quantitative estimate of drug-likeness (QED) is 0.789. The molecule has 0 saturated carbocycles. The van der Waals surface area contributed by atoms with E-state index < -0.39 is 0 Å². The van der Waals surface area contributed by atoms with E-state index >= 15 is 0 Å². The Hall–Kier alpha value is -1.26. The van der Waals surface area contributed by atoms with Crippen molar-refractivity contribution in [1.82, 2.24) is 4.90 Å². The van der Waals surface area contributed by atoms with Crippen LogP contribution in [0.25, 0.3) is 0 Å². The van der Waals surface area contributed by atoms with E-state index in [1.165, 1.54) is 0 Å². The first-order valence-corrected chi connectivity index (χ1v) is 6.97. The Labute approximate surface area is 115 Å². The van der Waals surface area contributed by atoms with E-state index in [4.69, 9.17) is 14.2 Å². The molecule has 0 spiro atoms. The van der Waals surface area contributed by atoms with E-state index in [-0.39, 0.29) is 0 Å². The molecule has 1 fully saturated rings. The summed E-state index contributed by atoms with van der Waals surface area (Å²) in [6, 6.07) is 7.78. The highest BCUT2D eigenvalue weighted by atomic mass is 16.5. The number of ether oxygens (including phenoxy) is 3. The average molecular weight is 265 g/mol. The summed E-state index contributed by atoms with van der Waals surface area (Å²) in [6.07, 6.45) is 0.333. The monoisotopic (exact) mass is 265 g/mol. The highest BCUT2D eigenvalue weighted by Gasteiger charge is 2.15. The largest absolute Gasteiger partial charge is 0.494 e. The lowest BCUT2D eigenvalue weighted by atomic mass is 10.3. The molecule has 1 atom stereocenters. The van der Waals surface area contributed by atoms with Crippen LogP contribution in [0.4, 0.5) is 0 Å². The second-order valence-corrected chi connectivity index (χ2v) is 4.73. The molecular weight excluding hydrogens is 242 g/mol. The number of hydrogen-bond acceptors (Lipinski definition) is 4. The Morgan fingerprint density at radius 3 is 2.53 bits per heavy atom. The number of rotatable bonds is 6. The molecule has 0 aliphatic carbocycles. The normalized spacial score (nSPS) is 20.2. The molecule has 1 aliphatic heterocycles. The van der Waals surface area contributed by atoms with Crippen LogP contribution in [0.3, 0.4) is 0 Å². The zero-order valence-corrected chi connectivity index (χ0v) is 11.8. The summed E-state index contributed by atoms with van der Waals surface area (Å²) in [7, 11) is 0. The lowest BCUT2D eigenvalue weighted by Crippen LogP contribution is -2.42. The van der Waals surface area contributed by atoms with Gasteiger partial charge in [-0.15, -0.1) is 0 Å². The summed E-state index contributed by atoms with van der Waals surface area (Å²) in [6.45, 7) is 9.25. The maximum atomic E-state index is 5.74. The van der Waals surface area contributed by atoms with Crippen LogP contribution in [0.1, 0.15) is 13.8 Å². The van der Waals surface area contributed by atoms with Crippen LogP contribution < -0.4 is 9.47 Å². The van der Waals surface area contributed by atoms with Crippen molar-refractivity contribution in [1.29, 1.82) is 0 Å². The lowest BCUT2D eigenvalue weighted by molar-refractivity contribution is -0.0214. The number of morpholine rings is 1. The van der Waals surface area contributed by atoms with Crippen molar-refractivity contribution in [3.8, 4) is 11.5 Å². The molecule has 1 saturated heterocycles. The van der Waals surface area contributed by atoms with Gasteiger partial charge in [-0.2, -0.15) is 0 Å². The molecule has 2 rings (SSSR count). The molecule has 4 heteroatoms. The maximum Gasteiger partial charge on any atom is 0.119 e. The van der Waals surface area contributed by atoms with E-state index in [1.807, 2.05) is 31.2 Å². The Balaban J connectivity index is 1.70. The van der Waals surface area contributed by atoms with Crippen LogP contribution in [0.15, 0.2) is 24.3 Å². The van der Waals surface area contributed by atoms with Crippen molar-refractivity contribution < 1.29 is 14.2 Å². The minimum Gasteiger partial charge on any atom is -0.494 e. The smallest absolute Gasteiger partial charge is 0.119 e. The van der Waals surface area contributed by atoms with Crippen molar-refractivity contribution in [3.05, 3.63) is 24.3 Å². The Morgan fingerprint density at radius 1 is 1.21 bits per heavy atom. The van der Waals surface area contributed by atoms with Crippen LogP contribution in [0, 0.1) is 0 Å². The van der Waals surface area contributed by atoms with Crippen LogP contribution in [-0.2, 0) is 4.74 Å². The highest BCUT2D eigenvalue weighted by molar-refractivity contribution is 5.31. The van der Waals surface area contributed by atoms with Gasteiger partial charge in [0.05, 0.1) is 19.3 Å². The predicted molar refractivity (Wildman–Crippen MR) is 75.0 cm³/mol. The molecular formula is C15H23NO3. The van der Waals surface area contributed by atoms with Crippen molar-refractivity contribution in [2.24, 2.45) is 0 Å². The van der Waals surface area contributed by atoms with Crippen LogP contribution in [0.2, 0.25) is 0 Å². The molecule has 1 heterocycles. The van der Waals surface area contributed by atoms with Crippen molar-refractivity contribution in [2.75, 3.05) is 39.5 Å². The Kier molecular flexibility index (Phi) is 5.48. The Bertz CT molecular complexity index is 366. The summed E-state index contributed by atoms with van der Waals surface area (Å²) in [4.78, 5) is 2.38. The lowest BCUT2D eigenvalue weighted by Gasteiger charge is -2.30. The van der Waals surface area contributed by atoms with Gasteiger partial charge in [0.25, 0.3) is 0 Å². The fourth-order valence-electron chi connectivity index (χ4n) is 2.19. The molecule has 1 unspecified atom stereocenters. The first-order chi connectivity index (χ1) is 9.28. The third-order valence-electron chi connectivity index (χ3n) is 3.14.